The first-order valence-corrected chi connectivity index (χ1v) is 11.4. The van der Waals surface area contributed by atoms with Gasteiger partial charge in [-0.05, 0) is 57.3 Å². The van der Waals surface area contributed by atoms with Crippen LogP contribution in [0.15, 0.2) is 34.2 Å². The van der Waals surface area contributed by atoms with Gasteiger partial charge in [0, 0.05) is 57.8 Å². The number of aliphatic imine (C=N–C) groups is 1. The van der Waals surface area contributed by atoms with E-state index in [2.05, 4.69) is 71.6 Å². The number of nitrogens with one attached hydrogen (secondary N) is 1. The molecule has 1 fully saturated rings. The Hall–Kier alpha value is -1.24. The van der Waals surface area contributed by atoms with Crippen molar-refractivity contribution in [1.82, 2.24) is 20.0 Å². The fourth-order valence-electron chi connectivity index (χ4n) is 3.25. The van der Waals surface area contributed by atoms with Crippen LogP contribution in [0.2, 0.25) is 0 Å². The minimum absolute atomic E-state index is 0.877. The van der Waals surface area contributed by atoms with Crippen LogP contribution in [0.5, 0.6) is 0 Å². The monoisotopic (exact) mass is 391 g/mol. The lowest BCUT2D eigenvalue weighted by Gasteiger charge is -2.32. The van der Waals surface area contributed by atoms with Gasteiger partial charge in [-0.2, -0.15) is 0 Å². The van der Waals surface area contributed by atoms with E-state index >= 15 is 0 Å². The molecule has 0 atom stereocenters. The van der Waals surface area contributed by atoms with Crippen LogP contribution < -0.4 is 5.32 Å². The third kappa shape index (κ3) is 8.11. The van der Waals surface area contributed by atoms with Crippen molar-refractivity contribution in [1.29, 1.82) is 0 Å². The zero-order valence-electron chi connectivity index (χ0n) is 17.6. The Morgan fingerprint density at radius 1 is 1.15 bits per heavy atom. The van der Waals surface area contributed by atoms with Gasteiger partial charge in [-0.25, -0.2) is 0 Å². The highest BCUT2D eigenvalue weighted by Gasteiger charge is 2.12. The molecule has 152 valence electrons. The number of thioether (sulfide) groups is 1. The molecule has 0 aromatic heterocycles. The molecule has 1 aromatic rings. The second kappa shape index (κ2) is 12.3. The number of nitrogens with zero attached hydrogens (tertiary/aromatic N) is 4. The molecule has 0 aliphatic carbocycles. The van der Waals surface area contributed by atoms with Gasteiger partial charge in [-0.3, -0.25) is 4.99 Å². The molecule has 27 heavy (non-hydrogen) atoms. The smallest absolute Gasteiger partial charge is 0.193 e. The first-order valence-electron chi connectivity index (χ1n) is 10.2. The summed E-state index contributed by atoms with van der Waals surface area (Å²) < 4.78 is 0. The van der Waals surface area contributed by atoms with Gasteiger partial charge in [-0.15, -0.1) is 11.8 Å². The number of piperazine rings is 1. The van der Waals surface area contributed by atoms with Crippen molar-refractivity contribution >= 4 is 17.7 Å². The number of hydrogen-bond acceptors (Lipinski definition) is 4. The van der Waals surface area contributed by atoms with Gasteiger partial charge in [0.15, 0.2) is 5.96 Å². The van der Waals surface area contributed by atoms with Gasteiger partial charge in [0.25, 0.3) is 0 Å². The van der Waals surface area contributed by atoms with E-state index in [1.54, 1.807) is 11.8 Å². The molecule has 1 aliphatic rings. The quantitative estimate of drug-likeness (QED) is 0.303. The van der Waals surface area contributed by atoms with E-state index in [1.165, 1.54) is 49.6 Å². The summed E-state index contributed by atoms with van der Waals surface area (Å²) in [4.78, 5) is 13.4. The largest absolute Gasteiger partial charge is 0.357 e. The zero-order chi connectivity index (χ0) is 19.5. The maximum absolute atomic E-state index is 4.84. The number of guanidine groups is 1. The Balaban J connectivity index is 1.74. The Bertz CT molecular complexity index is 552. The van der Waals surface area contributed by atoms with Crippen LogP contribution >= 0.6 is 11.8 Å². The van der Waals surface area contributed by atoms with E-state index < -0.39 is 0 Å². The molecule has 1 heterocycles. The first-order chi connectivity index (χ1) is 13.1. The van der Waals surface area contributed by atoms with Crippen LogP contribution in [-0.4, -0.2) is 86.8 Å². The van der Waals surface area contributed by atoms with E-state index in [0.29, 0.717) is 0 Å². The third-order valence-electron chi connectivity index (χ3n) is 5.02. The van der Waals surface area contributed by atoms with E-state index in [1.807, 2.05) is 0 Å². The van der Waals surface area contributed by atoms with Crippen molar-refractivity contribution in [3.63, 3.8) is 0 Å². The molecule has 0 spiro atoms. The van der Waals surface area contributed by atoms with Gasteiger partial charge in [0.2, 0.25) is 0 Å². The lowest BCUT2D eigenvalue weighted by Crippen LogP contribution is -2.44. The number of unbranched alkanes of at least 4 members (excludes halogenated alkanes) is 1. The SMILES string of the molecule is CCNC(=NCCCCN1CCN(C)CC1)N(C)Cc1ccc(SC)cc1. The number of likely N-dealkylation sites (N-methyl/N-ethyl adjacent to an activating group) is 1. The van der Waals surface area contributed by atoms with Crippen molar-refractivity contribution in [2.24, 2.45) is 4.99 Å². The predicted octanol–water partition coefficient (Wildman–Crippen LogP) is 2.83. The summed E-state index contributed by atoms with van der Waals surface area (Å²) in [5.41, 5.74) is 1.32. The molecule has 6 heteroatoms. The maximum atomic E-state index is 4.84. The fraction of sp³-hybridized carbons (Fsp3) is 0.667. The minimum atomic E-state index is 0.877. The average Bonchev–Trinajstić information content (AvgIpc) is 2.69. The molecule has 0 unspecified atom stereocenters. The van der Waals surface area contributed by atoms with Crippen LogP contribution in [0.1, 0.15) is 25.3 Å². The molecule has 0 saturated carbocycles. The van der Waals surface area contributed by atoms with Crippen LogP contribution in [0.3, 0.4) is 0 Å². The van der Waals surface area contributed by atoms with Gasteiger partial charge in [-0.1, -0.05) is 12.1 Å². The Morgan fingerprint density at radius 3 is 2.48 bits per heavy atom. The summed E-state index contributed by atoms with van der Waals surface area (Å²) in [7, 11) is 4.33. The van der Waals surface area contributed by atoms with Crippen molar-refractivity contribution < 1.29 is 0 Å². The molecule has 2 rings (SSSR count). The molecular weight excluding hydrogens is 354 g/mol. The Labute approximate surface area is 170 Å². The van der Waals surface area contributed by atoms with Crippen LogP contribution in [0, 0.1) is 0 Å². The highest BCUT2D eigenvalue weighted by molar-refractivity contribution is 7.98. The normalized spacial score (nSPS) is 16.5. The standard InChI is InChI=1S/C21H37N5S/c1-5-22-21(25(3)18-19-8-10-20(27-4)11-9-19)23-12-6-7-13-26-16-14-24(2)15-17-26/h8-11H,5-7,12-18H2,1-4H3,(H,22,23). The second-order valence-corrected chi connectivity index (χ2v) is 8.17. The number of benzene rings is 1. The van der Waals surface area contributed by atoms with E-state index in [9.17, 15) is 0 Å². The third-order valence-corrected chi connectivity index (χ3v) is 5.76. The summed E-state index contributed by atoms with van der Waals surface area (Å²) in [5, 5.41) is 3.43. The number of rotatable bonds is 9. The van der Waals surface area contributed by atoms with Crippen molar-refractivity contribution in [2.45, 2.75) is 31.2 Å². The average molecular weight is 392 g/mol. The molecule has 0 radical (unpaired) electrons. The fourth-order valence-corrected chi connectivity index (χ4v) is 3.66. The molecule has 1 aromatic carbocycles. The van der Waals surface area contributed by atoms with Crippen molar-refractivity contribution in [3.8, 4) is 0 Å². The first kappa shape index (κ1) is 22.1. The molecule has 1 saturated heterocycles. The summed E-state index contributed by atoms with van der Waals surface area (Å²) in [5.74, 6) is 1.01. The summed E-state index contributed by atoms with van der Waals surface area (Å²) in [6.45, 7) is 10.8. The van der Waals surface area contributed by atoms with E-state index in [4.69, 9.17) is 4.99 Å². The summed E-state index contributed by atoms with van der Waals surface area (Å²) >= 11 is 1.78. The van der Waals surface area contributed by atoms with E-state index in [-0.39, 0.29) is 0 Å². The molecule has 1 N–H and O–H groups in total. The Kier molecular flexibility index (Phi) is 10.0. The highest BCUT2D eigenvalue weighted by atomic mass is 32.2. The van der Waals surface area contributed by atoms with Gasteiger partial charge < -0.3 is 20.0 Å². The van der Waals surface area contributed by atoms with Gasteiger partial charge >= 0.3 is 0 Å². The lowest BCUT2D eigenvalue weighted by molar-refractivity contribution is 0.152. The highest BCUT2D eigenvalue weighted by Crippen LogP contribution is 2.15. The Morgan fingerprint density at radius 2 is 1.85 bits per heavy atom. The zero-order valence-corrected chi connectivity index (χ0v) is 18.4. The van der Waals surface area contributed by atoms with Gasteiger partial charge in [0.05, 0.1) is 0 Å². The summed E-state index contributed by atoms with van der Waals surface area (Å²) in [6.07, 6.45) is 4.49. The van der Waals surface area contributed by atoms with Crippen LogP contribution in [0.25, 0.3) is 0 Å². The van der Waals surface area contributed by atoms with Crippen molar-refractivity contribution in [3.05, 3.63) is 29.8 Å². The van der Waals surface area contributed by atoms with Crippen LogP contribution in [0.4, 0.5) is 0 Å². The maximum Gasteiger partial charge on any atom is 0.193 e. The molecule has 5 nitrogen and oxygen atoms in total. The lowest BCUT2D eigenvalue weighted by atomic mass is 10.2. The number of hydrogen-bond donors (Lipinski definition) is 1. The molecule has 0 bridgehead atoms. The molecular formula is C21H37N5S. The van der Waals surface area contributed by atoms with E-state index in [0.717, 1.165) is 32.0 Å². The second-order valence-electron chi connectivity index (χ2n) is 7.29. The molecule has 1 aliphatic heterocycles. The molecule has 0 amide bonds. The minimum Gasteiger partial charge on any atom is -0.357 e. The summed E-state index contributed by atoms with van der Waals surface area (Å²) in [6, 6.07) is 8.80. The topological polar surface area (TPSA) is 34.1 Å². The predicted molar refractivity (Wildman–Crippen MR) is 119 cm³/mol. The van der Waals surface area contributed by atoms with Crippen molar-refractivity contribution in [2.75, 3.05) is 66.2 Å². The van der Waals surface area contributed by atoms with Crippen LogP contribution in [-0.2, 0) is 6.54 Å². The van der Waals surface area contributed by atoms with Gasteiger partial charge in [0.1, 0.15) is 0 Å².